The summed E-state index contributed by atoms with van der Waals surface area (Å²) in [6, 6.07) is 15.6. The second-order valence-corrected chi connectivity index (χ2v) is 7.35. The molecule has 0 radical (unpaired) electrons. The second kappa shape index (κ2) is 10.9. The molecule has 0 spiro atoms. The molecule has 0 bridgehead atoms. The van der Waals surface area contributed by atoms with E-state index in [2.05, 4.69) is 28.7 Å². The van der Waals surface area contributed by atoms with Gasteiger partial charge in [-0.3, -0.25) is 9.48 Å². The smallest absolute Gasteiger partial charge is 0.475 e. The van der Waals surface area contributed by atoms with Gasteiger partial charge in [-0.15, -0.1) is 0 Å². The molecule has 1 unspecified atom stereocenters. The van der Waals surface area contributed by atoms with Gasteiger partial charge in [0.15, 0.2) is 0 Å². The number of alkyl halides is 3. The Hall–Kier alpha value is -3.73. The molecule has 2 heterocycles. The van der Waals surface area contributed by atoms with Crippen LogP contribution in [-0.4, -0.2) is 46.1 Å². The Morgan fingerprint density at radius 3 is 2.38 bits per heavy atom. The number of nitrogens with one attached hydrogen (secondary N) is 1. The number of ether oxygens (including phenoxy) is 1. The molecule has 4 rings (SSSR count). The first-order valence-corrected chi connectivity index (χ1v) is 10.2. The number of hydrogen-bond donors (Lipinski definition) is 2. The van der Waals surface area contributed by atoms with E-state index in [9.17, 15) is 22.4 Å². The molecule has 3 aromatic rings. The van der Waals surface area contributed by atoms with Crippen molar-refractivity contribution in [2.45, 2.75) is 25.2 Å². The van der Waals surface area contributed by atoms with Crippen molar-refractivity contribution < 1.29 is 37.0 Å². The molecule has 1 amide bonds. The summed E-state index contributed by atoms with van der Waals surface area (Å²) in [4.78, 5) is 21.1. The molecular formula is C23H21F4N3O4. The number of benzene rings is 2. The van der Waals surface area contributed by atoms with Crippen LogP contribution in [0.15, 0.2) is 60.8 Å². The van der Waals surface area contributed by atoms with E-state index >= 15 is 0 Å². The molecule has 1 atom stereocenters. The van der Waals surface area contributed by atoms with Gasteiger partial charge in [-0.05, 0) is 41.8 Å². The van der Waals surface area contributed by atoms with E-state index in [1.165, 1.54) is 29.8 Å². The first-order chi connectivity index (χ1) is 16.1. The molecule has 0 saturated carbocycles. The summed E-state index contributed by atoms with van der Waals surface area (Å²) in [5, 5.41) is 14.7. The average Bonchev–Trinajstić information content (AvgIpc) is 3.21. The van der Waals surface area contributed by atoms with Crippen LogP contribution in [0.1, 0.15) is 33.3 Å². The van der Waals surface area contributed by atoms with Gasteiger partial charge in [0.25, 0.3) is 5.91 Å². The standard InChI is InChI=1S/C21H20FN3O2.C2HF3O2/c22-18-8-6-16(7-9-18)21(26)23-12-19-20-17(10-11-27-19)14-25(24-20)13-15-4-2-1-3-5-15;3-2(4,5)1(6)7/h1-9,14,19H,10-13H2,(H,23,26);(H,6,7). The molecule has 7 nitrogen and oxygen atoms in total. The highest BCUT2D eigenvalue weighted by molar-refractivity contribution is 5.94. The van der Waals surface area contributed by atoms with Gasteiger partial charge in [0.2, 0.25) is 0 Å². The van der Waals surface area contributed by atoms with Crippen molar-refractivity contribution in [3.8, 4) is 0 Å². The first-order valence-electron chi connectivity index (χ1n) is 10.2. The Morgan fingerprint density at radius 1 is 1.12 bits per heavy atom. The lowest BCUT2D eigenvalue weighted by atomic mass is 10.1. The highest BCUT2D eigenvalue weighted by Gasteiger charge is 2.38. The fourth-order valence-corrected chi connectivity index (χ4v) is 3.23. The number of aromatic nitrogens is 2. The Morgan fingerprint density at radius 2 is 1.76 bits per heavy atom. The van der Waals surface area contributed by atoms with Crippen LogP contribution in [0.25, 0.3) is 0 Å². The minimum Gasteiger partial charge on any atom is -0.475 e. The van der Waals surface area contributed by atoms with E-state index in [0.29, 0.717) is 25.3 Å². The number of carbonyl (C=O) groups excluding carboxylic acids is 1. The van der Waals surface area contributed by atoms with Crippen LogP contribution >= 0.6 is 0 Å². The Bertz CT molecular complexity index is 1120. The minimum atomic E-state index is -5.08. The van der Waals surface area contributed by atoms with Crippen molar-refractivity contribution in [2.75, 3.05) is 13.2 Å². The zero-order valence-corrected chi connectivity index (χ0v) is 17.8. The highest BCUT2D eigenvalue weighted by atomic mass is 19.4. The number of carboxylic acid groups (broad SMARTS) is 1. The molecule has 0 fully saturated rings. The van der Waals surface area contributed by atoms with Crippen LogP contribution in [0.2, 0.25) is 0 Å². The van der Waals surface area contributed by atoms with Crippen molar-refractivity contribution in [1.29, 1.82) is 0 Å². The summed E-state index contributed by atoms with van der Waals surface area (Å²) in [7, 11) is 0. The van der Waals surface area contributed by atoms with E-state index in [0.717, 1.165) is 17.7 Å². The molecular weight excluding hydrogens is 458 g/mol. The highest BCUT2D eigenvalue weighted by Crippen LogP contribution is 2.25. The molecule has 1 aliphatic rings. The van der Waals surface area contributed by atoms with Crippen LogP contribution in [-0.2, 0) is 22.5 Å². The summed E-state index contributed by atoms with van der Waals surface area (Å²) in [6.45, 7) is 1.62. The summed E-state index contributed by atoms with van der Waals surface area (Å²) in [5.41, 5.74) is 3.62. The first kappa shape index (κ1) is 24.9. The third-order valence-corrected chi connectivity index (χ3v) is 4.85. The van der Waals surface area contributed by atoms with Gasteiger partial charge in [0, 0.05) is 18.3 Å². The number of fused-ring (bicyclic) bond motifs is 1. The van der Waals surface area contributed by atoms with Crippen molar-refractivity contribution in [3.05, 3.63) is 89.0 Å². The van der Waals surface area contributed by atoms with Gasteiger partial charge in [0.05, 0.1) is 18.8 Å². The van der Waals surface area contributed by atoms with Crippen LogP contribution in [0.3, 0.4) is 0 Å². The fraction of sp³-hybridized carbons (Fsp3) is 0.261. The Balaban J connectivity index is 0.000000406. The van der Waals surface area contributed by atoms with Gasteiger partial charge in [0.1, 0.15) is 11.9 Å². The fourth-order valence-electron chi connectivity index (χ4n) is 3.23. The largest absolute Gasteiger partial charge is 0.490 e. The molecule has 0 saturated heterocycles. The van der Waals surface area contributed by atoms with Crippen molar-refractivity contribution >= 4 is 11.9 Å². The average molecular weight is 479 g/mol. The van der Waals surface area contributed by atoms with Gasteiger partial charge < -0.3 is 15.2 Å². The van der Waals surface area contributed by atoms with Gasteiger partial charge >= 0.3 is 12.1 Å². The number of carboxylic acids is 1. The topological polar surface area (TPSA) is 93.5 Å². The van der Waals surface area contributed by atoms with E-state index in [4.69, 9.17) is 14.6 Å². The Labute approximate surface area is 192 Å². The molecule has 1 aromatic heterocycles. The van der Waals surface area contributed by atoms with Crippen molar-refractivity contribution in [2.24, 2.45) is 0 Å². The zero-order valence-electron chi connectivity index (χ0n) is 17.8. The number of amides is 1. The third-order valence-electron chi connectivity index (χ3n) is 4.85. The third kappa shape index (κ3) is 6.88. The number of aliphatic carboxylic acids is 1. The van der Waals surface area contributed by atoms with Crippen LogP contribution < -0.4 is 5.32 Å². The van der Waals surface area contributed by atoms with Crippen LogP contribution in [0.4, 0.5) is 17.6 Å². The van der Waals surface area contributed by atoms with E-state index in [-0.39, 0.29) is 17.8 Å². The predicted octanol–water partition coefficient (Wildman–Crippen LogP) is 3.75. The van der Waals surface area contributed by atoms with E-state index in [1.807, 2.05) is 22.9 Å². The summed E-state index contributed by atoms with van der Waals surface area (Å²) < 4.78 is 52.5. The lowest BCUT2D eigenvalue weighted by Gasteiger charge is -2.22. The maximum atomic E-state index is 13.0. The van der Waals surface area contributed by atoms with Gasteiger partial charge in [-0.25, -0.2) is 9.18 Å². The van der Waals surface area contributed by atoms with Gasteiger partial charge in [-0.2, -0.15) is 18.3 Å². The van der Waals surface area contributed by atoms with Crippen molar-refractivity contribution in [3.63, 3.8) is 0 Å². The minimum absolute atomic E-state index is 0.255. The van der Waals surface area contributed by atoms with Crippen LogP contribution in [0.5, 0.6) is 0 Å². The van der Waals surface area contributed by atoms with E-state index in [1.54, 1.807) is 0 Å². The summed E-state index contributed by atoms with van der Waals surface area (Å²) >= 11 is 0. The number of carbonyl (C=O) groups is 2. The number of hydrogen-bond acceptors (Lipinski definition) is 4. The zero-order chi connectivity index (χ0) is 24.7. The van der Waals surface area contributed by atoms with Crippen LogP contribution in [0, 0.1) is 5.82 Å². The molecule has 180 valence electrons. The molecule has 34 heavy (non-hydrogen) atoms. The van der Waals surface area contributed by atoms with Gasteiger partial charge in [-0.1, -0.05) is 30.3 Å². The van der Waals surface area contributed by atoms with E-state index < -0.39 is 12.1 Å². The lowest BCUT2D eigenvalue weighted by Crippen LogP contribution is -2.31. The Kier molecular flexibility index (Phi) is 8.00. The molecule has 2 N–H and O–H groups in total. The molecule has 11 heteroatoms. The molecule has 0 aliphatic carbocycles. The second-order valence-electron chi connectivity index (χ2n) is 7.35. The lowest BCUT2D eigenvalue weighted by molar-refractivity contribution is -0.192. The summed E-state index contributed by atoms with van der Waals surface area (Å²) in [5.74, 6) is -3.38. The maximum Gasteiger partial charge on any atom is 0.490 e. The molecule has 1 aliphatic heterocycles. The number of nitrogens with zero attached hydrogens (tertiary/aromatic N) is 2. The molecule has 2 aromatic carbocycles. The van der Waals surface area contributed by atoms with Crippen molar-refractivity contribution in [1.82, 2.24) is 15.1 Å². The SMILES string of the molecule is O=C(NCC1OCCc2cn(Cc3ccccc3)nc21)c1ccc(F)cc1.O=C(O)C(F)(F)F. The summed E-state index contributed by atoms with van der Waals surface area (Å²) in [6.07, 6.45) is -2.50. The number of rotatable bonds is 5. The normalized spacial score (nSPS) is 15.0. The predicted molar refractivity (Wildman–Crippen MR) is 113 cm³/mol. The maximum absolute atomic E-state index is 13.0. The quantitative estimate of drug-likeness (QED) is 0.544. The number of halogens is 4. The monoisotopic (exact) mass is 479 g/mol.